The van der Waals surface area contributed by atoms with Crippen LogP contribution in [0.5, 0.6) is 0 Å². The molecule has 0 aliphatic carbocycles. The van der Waals surface area contributed by atoms with Crippen LogP contribution in [0.25, 0.3) is 5.82 Å². The van der Waals surface area contributed by atoms with E-state index < -0.39 is 0 Å². The summed E-state index contributed by atoms with van der Waals surface area (Å²) in [6.45, 7) is 4.59. The van der Waals surface area contributed by atoms with E-state index in [1.54, 1.807) is 17.1 Å². The van der Waals surface area contributed by atoms with Crippen LogP contribution in [-0.2, 0) is 6.42 Å². The zero-order valence-electron chi connectivity index (χ0n) is 12.6. The summed E-state index contributed by atoms with van der Waals surface area (Å²) in [5.41, 5.74) is 1.47. The minimum atomic E-state index is -0.101. The Balaban J connectivity index is 2.22. The van der Waals surface area contributed by atoms with Crippen molar-refractivity contribution >= 4 is 5.91 Å². The molecular formula is C15H21N5O. The van der Waals surface area contributed by atoms with Gasteiger partial charge in [-0.25, -0.2) is 9.67 Å². The van der Waals surface area contributed by atoms with Gasteiger partial charge in [-0.2, -0.15) is 5.10 Å². The first kappa shape index (κ1) is 15.2. The van der Waals surface area contributed by atoms with Crippen LogP contribution in [0.3, 0.4) is 0 Å². The number of nitrogens with zero attached hydrogens (tertiary/aromatic N) is 3. The Labute approximate surface area is 124 Å². The lowest BCUT2D eigenvalue weighted by atomic mass is 10.2. The third kappa shape index (κ3) is 3.46. The molecular weight excluding hydrogens is 266 g/mol. The molecule has 112 valence electrons. The van der Waals surface area contributed by atoms with E-state index >= 15 is 0 Å². The number of pyridine rings is 1. The standard InChI is InChI=1S/C15H21N5O/c1-4-13-12(15(21)18-9-11(2)16-3)10-19-20(13)14-7-5-6-8-17-14/h5-8,10-11,16H,4,9H2,1-3H3,(H,18,21). The number of hydrogen-bond donors (Lipinski definition) is 2. The minimum Gasteiger partial charge on any atom is -0.350 e. The van der Waals surface area contributed by atoms with Gasteiger partial charge in [-0.15, -0.1) is 0 Å². The first-order valence-electron chi connectivity index (χ1n) is 7.11. The van der Waals surface area contributed by atoms with Crippen molar-refractivity contribution in [3.05, 3.63) is 41.9 Å². The summed E-state index contributed by atoms with van der Waals surface area (Å²) in [5, 5.41) is 10.3. The van der Waals surface area contributed by atoms with Crippen molar-refractivity contribution in [1.29, 1.82) is 0 Å². The predicted octanol–water partition coefficient (Wildman–Crippen LogP) is 1.17. The lowest BCUT2D eigenvalue weighted by Crippen LogP contribution is -2.37. The number of nitrogens with one attached hydrogen (secondary N) is 2. The molecule has 21 heavy (non-hydrogen) atoms. The molecule has 0 aliphatic rings. The van der Waals surface area contributed by atoms with Crippen LogP contribution in [0.2, 0.25) is 0 Å². The van der Waals surface area contributed by atoms with Crippen LogP contribution in [0.4, 0.5) is 0 Å². The largest absolute Gasteiger partial charge is 0.350 e. The molecule has 0 saturated heterocycles. The molecule has 2 aromatic heterocycles. The van der Waals surface area contributed by atoms with E-state index in [4.69, 9.17) is 0 Å². The van der Waals surface area contributed by atoms with Gasteiger partial charge in [-0.3, -0.25) is 4.79 Å². The number of carbonyl (C=O) groups excluding carboxylic acids is 1. The predicted molar refractivity (Wildman–Crippen MR) is 81.6 cm³/mol. The molecule has 6 nitrogen and oxygen atoms in total. The van der Waals surface area contributed by atoms with Crippen molar-refractivity contribution in [2.24, 2.45) is 0 Å². The van der Waals surface area contributed by atoms with Gasteiger partial charge in [-0.05, 0) is 32.5 Å². The molecule has 0 fully saturated rings. The van der Waals surface area contributed by atoms with E-state index in [9.17, 15) is 4.79 Å². The summed E-state index contributed by atoms with van der Waals surface area (Å²) in [4.78, 5) is 16.6. The third-order valence-electron chi connectivity index (χ3n) is 3.38. The molecule has 1 atom stereocenters. The Kier molecular flexibility index (Phi) is 5.05. The van der Waals surface area contributed by atoms with Crippen LogP contribution in [-0.4, -0.2) is 40.3 Å². The first-order chi connectivity index (χ1) is 10.2. The Morgan fingerprint density at radius 1 is 1.43 bits per heavy atom. The zero-order valence-corrected chi connectivity index (χ0v) is 12.6. The summed E-state index contributed by atoms with van der Waals surface area (Å²) < 4.78 is 1.72. The van der Waals surface area contributed by atoms with E-state index in [0.29, 0.717) is 18.5 Å². The first-order valence-corrected chi connectivity index (χ1v) is 7.11. The van der Waals surface area contributed by atoms with Gasteiger partial charge in [0, 0.05) is 18.8 Å². The Morgan fingerprint density at radius 2 is 2.24 bits per heavy atom. The maximum atomic E-state index is 12.3. The molecule has 1 amide bonds. The fourth-order valence-electron chi connectivity index (χ4n) is 2.02. The van der Waals surface area contributed by atoms with Crippen molar-refractivity contribution in [1.82, 2.24) is 25.4 Å². The van der Waals surface area contributed by atoms with Gasteiger partial charge in [0.25, 0.3) is 5.91 Å². The number of carbonyl (C=O) groups is 1. The number of likely N-dealkylation sites (N-methyl/N-ethyl adjacent to an activating group) is 1. The van der Waals surface area contributed by atoms with Gasteiger partial charge in [-0.1, -0.05) is 13.0 Å². The summed E-state index contributed by atoms with van der Waals surface area (Å²) in [7, 11) is 1.87. The average Bonchev–Trinajstić information content (AvgIpc) is 2.97. The van der Waals surface area contributed by atoms with Crippen LogP contribution in [0, 0.1) is 0 Å². The molecule has 6 heteroatoms. The van der Waals surface area contributed by atoms with E-state index in [1.165, 1.54) is 0 Å². The molecule has 0 spiro atoms. The quantitative estimate of drug-likeness (QED) is 0.836. The SMILES string of the molecule is CCc1c(C(=O)NCC(C)NC)cnn1-c1ccccn1. The van der Waals surface area contributed by atoms with Crippen LogP contribution in [0.1, 0.15) is 29.9 Å². The second-order valence-corrected chi connectivity index (χ2v) is 4.86. The van der Waals surface area contributed by atoms with Gasteiger partial charge in [0.05, 0.1) is 17.5 Å². The number of hydrogen-bond acceptors (Lipinski definition) is 4. The van der Waals surface area contributed by atoms with E-state index in [0.717, 1.165) is 11.5 Å². The van der Waals surface area contributed by atoms with Crippen LogP contribution in [0.15, 0.2) is 30.6 Å². The molecule has 0 radical (unpaired) electrons. The Hall–Kier alpha value is -2.21. The molecule has 0 aromatic carbocycles. The highest BCUT2D eigenvalue weighted by Crippen LogP contribution is 2.14. The lowest BCUT2D eigenvalue weighted by Gasteiger charge is -2.11. The molecule has 2 rings (SSSR count). The second kappa shape index (κ2) is 6.99. The lowest BCUT2D eigenvalue weighted by molar-refractivity contribution is 0.0949. The van der Waals surface area contributed by atoms with Crippen molar-refractivity contribution < 1.29 is 4.79 Å². The van der Waals surface area contributed by atoms with E-state index in [1.807, 2.05) is 39.1 Å². The van der Waals surface area contributed by atoms with Crippen molar-refractivity contribution in [2.75, 3.05) is 13.6 Å². The van der Waals surface area contributed by atoms with Crippen LogP contribution >= 0.6 is 0 Å². The van der Waals surface area contributed by atoms with Gasteiger partial charge in [0.15, 0.2) is 5.82 Å². The van der Waals surface area contributed by atoms with Crippen molar-refractivity contribution in [3.63, 3.8) is 0 Å². The highest BCUT2D eigenvalue weighted by Gasteiger charge is 2.17. The molecule has 0 aliphatic heterocycles. The maximum Gasteiger partial charge on any atom is 0.254 e. The van der Waals surface area contributed by atoms with Crippen molar-refractivity contribution in [2.45, 2.75) is 26.3 Å². The molecule has 2 aromatic rings. The van der Waals surface area contributed by atoms with Gasteiger partial charge in [0.2, 0.25) is 0 Å². The van der Waals surface area contributed by atoms with Gasteiger partial charge < -0.3 is 10.6 Å². The monoisotopic (exact) mass is 287 g/mol. The van der Waals surface area contributed by atoms with E-state index in [2.05, 4.69) is 20.7 Å². The minimum absolute atomic E-state index is 0.101. The summed E-state index contributed by atoms with van der Waals surface area (Å²) >= 11 is 0. The van der Waals surface area contributed by atoms with Gasteiger partial charge in [0.1, 0.15) is 0 Å². The normalized spacial score (nSPS) is 12.1. The Morgan fingerprint density at radius 3 is 2.86 bits per heavy atom. The highest BCUT2D eigenvalue weighted by atomic mass is 16.1. The average molecular weight is 287 g/mol. The molecule has 0 bridgehead atoms. The second-order valence-electron chi connectivity index (χ2n) is 4.86. The zero-order chi connectivity index (χ0) is 15.2. The summed E-state index contributed by atoms with van der Waals surface area (Å²) in [5.74, 6) is 0.619. The summed E-state index contributed by atoms with van der Waals surface area (Å²) in [6, 6.07) is 5.85. The Bertz CT molecular complexity index is 593. The van der Waals surface area contributed by atoms with Crippen LogP contribution < -0.4 is 10.6 Å². The fourth-order valence-corrected chi connectivity index (χ4v) is 2.02. The fraction of sp³-hybridized carbons (Fsp3) is 0.400. The van der Waals surface area contributed by atoms with Gasteiger partial charge >= 0.3 is 0 Å². The topological polar surface area (TPSA) is 71.8 Å². The molecule has 1 unspecified atom stereocenters. The van der Waals surface area contributed by atoms with E-state index in [-0.39, 0.29) is 11.9 Å². The number of amides is 1. The molecule has 2 N–H and O–H groups in total. The van der Waals surface area contributed by atoms with Crippen molar-refractivity contribution in [3.8, 4) is 5.82 Å². The highest BCUT2D eigenvalue weighted by molar-refractivity contribution is 5.95. The third-order valence-corrected chi connectivity index (χ3v) is 3.38. The molecule has 2 heterocycles. The number of aromatic nitrogens is 3. The maximum absolute atomic E-state index is 12.3. The molecule has 0 saturated carbocycles. The smallest absolute Gasteiger partial charge is 0.254 e. The summed E-state index contributed by atoms with van der Waals surface area (Å²) in [6.07, 6.45) is 4.03. The number of rotatable bonds is 6.